The van der Waals surface area contributed by atoms with Gasteiger partial charge in [0, 0.05) is 26.4 Å². The lowest BCUT2D eigenvalue weighted by Gasteiger charge is -2.09. The molecule has 0 saturated carbocycles. The fraction of sp³-hybridized carbons (Fsp3) is 0.882. The highest BCUT2D eigenvalue weighted by molar-refractivity contribution is 5.77. The van der Waals surface area contributed by atoms with Crippen LogP contribution in [0.1, 0.15) is 40.5 Å². The van der Waals surface area contributed by atoms with Crippen molar-refractivity contribution in [2.24, 2.45) is 0 Å². The predicted molar refractivity (Wildman–Crippen MR) is 95.3 cm³/mol. The fourth-order valence-electron chi connectivity index (χ4n) is 1.51. The van der Waals surface area contributed by atoms with Gasteiger partial charge in [-0.3, -0.25) is 9.59 Å². The van der Waals surface area contributed by atoms with E-state index in [0.717, 1.165) is 6.42 Å². The Kier molecular flexibility index (Phi) is 21.6. The Hall–Kier alpha value is -1.25. The van der Waals surface area contributed by atoms with Crippen LogP contribution in [-0.2, 0) is 23.8 Å². The first-order valence-corrected chi connectivity index (χ1v) is 8.91. The number of halogens is 1. The lowest BCUT2D eigenvalue weighted by Crippen LogP contribution is -2.30. The molecule has 0 aliphatic carbocycles. The van der Waals surface area contributed by atoms with Gasteiger partial charge in [0.05, 0.1) is 19.3 Å². The molecular formula is C17H35FN2O5. The van der Waals surface area contributed by atoms with Crippen LogP contribution in [-0.4, -0.2) is 70.7 Å². The molecule has 25 heavy (non-hydrogen) atoms. The predicted octanol–water partition coefficient (Wildman–Crippen LogP) is 1.45. The number of carbonyl (C=O) groups excluding carboxylic acids is 2. The molecular weight excluding hydrogens is 331 g/mol. The second kappa shape index (κ2) is 20.8. The third-order valence-corrected chi connectivity index (χ3v) is 2.63. The van der Waals surface area contributed by atoms with Crippen LogP contribution in [0.25, 0.3) is 0 Å². The van der Waals surface area contributed by atoms with Gasteiger partial charge in [-0.1, -0.05) is 13.8 Å². The zero-order valence-electron chi connectivity index (χ0n) is 16.0. The molecule has 2 amide bonds. The first-order chi connectivity index (χ1) is 12.1. The fourth-order valence-corrected chi connectivity index (χ4v) is 1.51. The third kappa shape index (κ3) is 22.8. The van der Waals surface area contributed by atoms with Gasteiger partial charge >= 0.3 is 0 Å². The average molecular weight is 366 g/mol. The monoisotopic (exact) mass is 366 g/mol. The summed E-state index contributed by atoms with van der Waals surface area (Å²) >= 11 is 0. The van der Waals surface area contributed by atoms with E-state index in [0.29, 0.717) is 39.2 Å². The summed E-state index contributed by atoms with van der Waals surface area (Å²) in [6, 6.07) is 0. The summed E-state index contributed by atoms with van der Waals surface area (Å²) in [6.45, 7) is 9.78. The van der Waals surface area contributed by atoms with Crippen LogP contribution in [0.5, 0.6) is 0 Å². The number of ether oxygens (including phenoxy) is 3. The molecule has 0 fully saturated rings. The molecule has 1 unspecified atom stereocenters. The molecule has 0 radical (unpaired) electrons. The summed E-state index contributed by atoms with van der Waals surface area (Å²) in [4.78, 5) is 21.3. The van der Waals surface area contributed by atoms with E-state index in [1.54, 1.807) is 0 Å². The van der Waals surface area contributed by atoms with Crippen LogP contribution in [0.15, 0.2) is 0 Å². The first-order valence-electron chi connectivity index (χ1n) is 8.91. The van der Waals surface area contributed by atoms with E-state index >= 15 is 0 Å². The second-order valence-electron chi connectivity index (χ2n) is 5.23. The Morgan fingerprint density at radius 2 is 1.76 bits per heavy atom. The minimum absolute atomic E-state index is 0.0338. The Bertz CT molecular complexity index is 307. The number of hydrogen-bond donors (Lipinski definition) is 2. The molecule has 0 saturated heterocycles. The van der Waals surface area contributed by atoms with E-state index < -0.39 is 6.17 Å². The number of amides is 2. The minimum atomic E-state index is -1.19. The molecule has 0 aromatic heterocycles. The number of hydrogen-bond acceptors (Lipinski definition) is 5. The topological polar surface area (TPSA) is 85.9 Å². The molecule has 7 nitrogen and oxygen atoms in total. The van der Waals surface area contributed by atoms with Crippen molar-refractivity contribution in [1.29, 1.82) is 0 Å². The average Bonchev–Trinajstić information content (AvgIpc) is 2.61. The van der Waals surface area contributed by atoms with Gasteiger partial charge < -0.3 is 24.8 Å². The van der Waals surface area contributed by atoms with Gasteiger partial charge in [0.2, 0.25) is 12.3 Å². The Morgan fingerprint density at radius 1 is 1.12 bits per heavy atom. The van der Waals surface area contributed by atoms with Crippen LogP contribution < -0.4 is 10.6 Å². The van der Waals surface area contributed by atoms with Gasteiger partial charge in [-0.05, 0) is 26.7 Å². The van der Waals surface area contributed by atoms with E-state index in [9.17, 15) is 14.0 Å². The van der Waals surface area contributed by atoms with Crippen molar-refractivity contribution >= 4 is 12.3 Å². The smallest absolute Gasteiger partial charge is 0.246 e. The van der Waals surface area contributed by atoms with Crippen LogP contribution in [0.3, 0.4) is 0 Å². The second-order valence-corrected chi connectivity index (χ2v) is 5.23. The van der Waals surface area contributed by atoms with Crippen LogP contribution >= 0.6 is 0 Å². The number of alkyl halides is 1. The summed E-state index contributed by atoms with van der Waals surface area (Å²) in [6.07, 6.45) is 0.700. The van der Waals surface area contributed by atoms with Crippen molar-refractivity contribution in [3.63, 3.8) is 0 Å². The first kappa shape index (κ1) is 26.0. The lowest BCUT2D eigenvalue weighted by atomic mass is 10.4. The van der Waals surface area contributed by atoms with E-state index in [2.05, 4.69) is 10.6 Å². The maximum absolute atomic E-state index is 13.0. The van der Waals surface area contributed by atoms with Crippen molar-refractivity contribution in [1.82, 2.24) is 10.6 Å². The van der Waals surface area contributed by atoms with Gasteiger partial charge in [0.1, 0.15) is 12.8 Å². The molecule has 150 valence electrons. The van der Waals surface area contributed by atoms with Crippen LogP contribution in [0.4, 0.5) is 4.39 Å². The van der Waals surface area contributed by atoms with Gasteiger partial charge in [0.25, 0.3) is 0 Å². The molecule has 0 heterocycles. The maximum Gasteiger partial charge on any atom is 0.246 e. The normalized spacial score (nSPS) is 11.4. The number of rotatable bonds is 16. The largest absolute Gasteiger partial charge is 0.381 e. The molecule has 0 aliphatic heterocycles. The third-order valence-electron chi connectivity index (χ3n) is 2.63. The Labute approximate surface area is 151 Å². The minimum Gasteiger partial charge on any atom is -0.381 e. The summed E-state index contributed by atoms with van der Waals surface area (Å²) < 4.78 is 28.7. The molecule has 0 aliphatic rings. The van der Waals surface area contributed by atoms with Crippen molar-refractivity contribution < 1.29 is 28.2 Å². The van der Waals surface area contributed by atoms with Crippen LogP contribution in [0.2, 0.25) is 0 Å². The van der Waals surface area contributed by atoms with Crippen molar-refractivity contribution in [3.8, 4) is 0 Å². The Morgan fingerprint density at radius 3 is 2.40 bits per heavy atom. The summed E-state index contributed by atoms with van der Waals surface area (Å²) in [5.74, 6) is -0.128. The number of carbonyl (C=O) groups is 2. The summed E-state index contributed by atoms with van der Waals surface area (Å²) in [5.41, 5.74) is 0. The summed E-state index contributed by atoms with van der Waals surface area (Å²) in [7, 11) is 0. The summed E-state index contributed by atoms with van der Waals surface area (Å²) in [5, 5.41) is 4.99. The standard InChI is InChI=1S/C15H29FN2O5.C2H6/c1-13(2)23-11-15(20)18-5-3-6-21-7-4-8-22-10-14(16)9-17-12-19;1-2/h12-14H,3-11H2,1-2H3,(H,17,19)(H,18,20);1-2H3. The molecule has 0 bridgehead atoms. The zero-order valence-corrected chi connectivity index (χ0v) is 16.0. The molecule has 8 heteroatoms. The molecule has 2 N–H and O–H groups in total. The van der Waals surface area contributed by atoms with Gasteiger partial charge in [-0.2, -0.15) is 0 Å². The van der Waals surface area contributed by atoms with Crippen molar-refractivity contribution in [3.05, 3.63) is 0 Å². The highest BCUT2D eigenvalue weighted by atomic mass is 19.1. The van der Waals surface area contributed by atoms with E-state index in [1.165, 1.54) is 0 Å². The van der Waals surface area contributed by atoms with E-state index in [1.807, 2.05) is 27.7 Å². The number of nitrogens with one attached hydrogen (secondary N) is 2. The van der Waals surface area contributed by atoms with Crippen molar-refractivity contribution in [2.45, 2.75) is 52.8 Å². The molecule has 1 atom stereocenters. The molecule has 0 rings (SSSR count). The SMILES string of the molecule is CC.CC(C)OCC(=O)NCCCOCCCOCC(F)CNC=O. The van der Waals surface area contributed by atoms with Gasteiger partial charge in [-0.25, -0.2) is 4.39 Å². The van der Waals surface area contributed by atoms with Gasteiger partial charge in [-0.15, -0.1) is 0 Å². The maximum atomic E-state index is 13.0. The molecule has 0 spiro atoms. The highest BCUT2D eigenvalue weighted by Crippen LogP contribution is 1.93. The van der Waals surface area contributed by atoms with E-state index in [4.69, 9.17) is 14.2 Å². The highest BCUT2D eigenvalue weighted by Gasteiger charge is 2.05. The van der Waals surface area contributed by atoms with E-state index in [-0.39, 0.29) is 31.8 Å². The zero-order chi connectivity index (χ0) is 19.3. The van der Waals surface area contributed by atoms with Crippen LogP contribution in [0, 0.1) is 0 Å². The quantitative estimate of drug-likeness (QED) is 0.319. The lowest BCUT2D eigenvalue weighted by molar-refractivity contribution is -0.127. The Balaban J connectivity index is 0. The molecule has 0 aromatic rings. The van der Waals surface area contributed by atoms with Crippen molar-refractivity contribution in [2.75, 3.05) is 46.1 Å². The molecule has 0 aromatic carbocycles. The van der Waals surface area contributed by atoms with Gasteiger partial charge in [0.15, 0.2) is 0 Å².